The van der Waals surface area contributed by atoms with Gasteiger partial charge in [-0.15, -0.1) is 0 Å². The number of thioether (sulfide) groups is 1. The van der Waals surface area contributed by atoms with Crippen molar-refractivity contribution < 1.29 is 23.9 Å². The molecule has 2 N–H and O–H groups in total. The van der Waals surface area contributed by atoms with Crippen LogP contribution in [0.1, 0.15) is 31.9 Å². The maximum atomic E-state index is 11.8. The highest BCUT2D eigenvalue weighted by Crippen LogP contribution is 2.26. The molecule has 0 aromatic heterocycles. The Hall–Kier alpha value is -3.26. The molecule has 0 aliphatic carbocycles. The van der Waals surface area contributed by atoms with Crippen LogP contribution >= 0.6 is 11.8 Å². The molecule has 162 valence electrons. The van der Waals surface area contributed by atoms with Gasteiger partial charge in [0.1, 0.15) is 11.5 Å². The number of hydrogen-bond acceptors (Lipinski definition) is 6. The Bertz CT molecular complexity index is 992. The van der Waals surface area contributed by atoms with E-state index in [-0.39, 0.29) is 16.7 Å². The van der Waals surface area contributed by atoms with Crippen molar-refractivity contribution in [2.75, 3.05) is 6.61 Å². The lowest BCUT2D eigenvalue weighted by molar-refractivity contribution is -0.115. The lowest BCUT2D eigenvalue weighted by Crippen LogP contribution is -2.42. The lowest BCUT2D eigenvalue weighted by Gasteiger charge is -2.19. The summed E-state index contributed by atoms with van der Waals surface area (Å²) in [7, 11) is 0. The number of benzene rings is 2. The quantitative estimate of drug-likeness (QED) is 0.642. The Kier molecular flexibility index (Phi) is 7.02. The molecule has 0 spiro atoms. The van der Waals surface area contributed by atoms with Crippen LogP contribution in [0.3, 0.4) is 0 Å². The van der Waals surface area contributed by atoms with Gasteiger partial charge in [0, 0.05) is 12.0 Å². The van der Waals surface area contributed by atoms with Crippen LogP contribution in [0.15, 0.2) is 53.4 Å². The zero-order valence-electron chi connectivity index (χ0n) is 17.6. The third-order valence-electron chi connectivity index (χ3n) is 4.09. The van der Waals surface area contributed by atoms with E-state index in [9.17, 15) is 14.4 Å². The maximum absolute atomic E-state index is 11.8. The largest absolute Gasteiger partial charge is 0.493 e. The smallest absolute Gasteiger partial charge is 0.413 e. The van der Waals surface area contributed by atoms with E-state index in [4.69, 9.17) is 9.47 Å². The van der Waals surface area contributed by atoms with Crippen LogP contribution in [0.4, 0.5) is 9.59 Å². The normalized spacial score (nSPS) is 15.0. The zero-order valence-corrected chi connectivity index (χ0v) is 18.4. The van der Waals surface area contributed by atoms with Crippen molar-refractivity contribution in [2.45, 2.75) is 32.7 Å². The topological polar surface area (TPSA) is 93.7 Å². The molecule has 3 rings (SSSR count). The number of rotatable bonds is 6. The van der Waals surface area contributed by atoms with Crippen molar-refractivity contribution in [3.8, 4) is 11.5 Å². The van der Waals surface area contributed by atoms with Gasteiger partial charge >= 0.3 is 6.09 Å². The molecule has 7 nitrogen and oxygen atoms in total. The summed E-state index contributed by atoms with van der Waals surface area (Å²) in [5, 5.41) is 4.61. The molecule has 31 heavy (non-hydrogen) atoms. The minimum Gasteiger partial charge on any atom is -0.493 e. The first-order valence-electron chi connectivity index (χ1n) is 9.75. The summed E-state index contributed by atoms with van der Waals surface area (Å²) in [6.45, 7) is 6.14. The predicted molar refractivity (Wildman–Crippen MR) is 120 cm³/mol. The summed E-state index contributed by atoms with van der Waals surface area (Å²) in [5.74, 6) is 0.814. The molecule has 1 aliphatic heterocycles. The summed E-state index contributed by atoms with van der Waals surface area (Å²) in [4.78, 5) is 35.0. The van der Waals surface area contributed by atoms with Crippen molar-refractivity contribution in [1.29, 1.82) is 0 Å². The molecule has 0 bridgehead atoms. The van der Waals surface area contributed by atoms with Gasteiger partial charge in [0.15, 0.2) is 0 Å². The fourth-order valence-corrected chi connectivity index (χ4v) is 3.36. The van der Waals surface area contributed by atoms with Crippen LogP contribution in [-0.4, -0.2) is 29.4 Å². The number of hydrogen-bond donors (Lipinski definition) is 2. The Balaban J connectivity index is 1.46. The molecule has 1 heterocycles. The molecule has 0 atom stereocenters. The first-order valence-corrected chi connectivity index (χ1v) is 10.6. The van der Waals surface area contributed by atoms with E-state index in [1.165, 1.54) is 0 Å². The van der Waals surface area contributed by atoms with Gasteiger partial charge in [0.05, 0.1) is 11.5 Å². The third kappa shape index (κ3) is 7.18. The van der Waals surface area contributed by atoms with Crippen LogP contribution in [0.25, 0.3) is 6.08 Å². The van der Waals surface area contributed by atoms with E-state index in [2.05, 4.69) is 10.6 Å². The van der Waals surface area contributed by atoms with Gasteiger partial charge in [0.25, 0.3) is 11.1 Å². The molecule has 2 aromatic carbocycles. The number of imide groups is 1. The number of ether oxygens (including phenoxy) is 2. The van der Waals surface area contributed by atoms with Crippen LogP contribution in [-0.2, 0) is 11.2 Å². The highest BCUT2D eigenvalue weighted by Gasteiger charge is 2.24. The van der Waals surface area contributed by atoms with Gasteiger partial charge in [-0.25, -0.2) is 4.79 Å². The second kappa shape index (κ2) is 9.70. The molecule has 1 saturated heterocycles. The second-order valence-corrected chi connectivity index (χ2v) is 8.94. The van der Waals surface area contributed by atoms with Gasteiger partial charge in [0.2, 0.25) is 0 Å². The molecular weight excluding hydrogens is 416 g/mol. The van der Waals surface area contributed by atoms with Crippen molar-refractivity contribution in [1.82, 2.24) is 10.6 Å². The SMILES string of the molecule is CC(C)(C)NC(=O)Oc1ccc(CCOc2ccc(C=C3SC(=O)NC3=O)cc2)cc1. The standard InChI is InChI=1S/C23H24N2O5S/c1-23(2,3)25-21(27)30-18-10-4-15(5-11-18)12-13-29-17-8-6-16(7-9-17)14-19-20(26)24-22(28)31-19/h4-11,14H,12-13H2,1-3H3,(H,25,27)(H,24,26,28). The highest BCUT2D eigenvalue weighted by atomic mass is 32.2. The predicted octanol–water partition coefficient (Wildman–Crippen LogP) is 4.52. The fraction of sp³-hybridized carbons (Fsp3) is 0.261. The summed E-state index contributed by atoms with van der Waals surface area (Å²) < 4.78 is 11.0. The lowest BCUT2D eigenvalue weighted by atomic mass is 10.1. The summed E-state index contributed by atoms with van der Waals surface area (Å²) >= 11 is 0.890. The van der Waals surface area contributed by atoms with Crippen LogP contribution in [0.5, 0.6) is 11.5 Å². The molecule has 0 unspecified atom stereocenters. The molecule has 8 heteroatoms. The van der Waals surface area contributed by atoms with E-state index >= 15 is 0 Å². The minimum absolute atomic E-state index is 0.355. The average molecular weight is 441 g/mol. The number of carbonyl (C=O) groups is 3. The van der Waals surface area contributed by atoms with Gasteiger partial charge < -0.3 is 14.8 Å². The van der Waals surface area contributed by atoms with Gasteiger partial charge in [-0.2, -0.15) is 0 Å². The molecule has 1 aliphatic rings. The van der Waals surface area contributed by atoms with Gasteiger partial charge in [-0.05, 0) is 74.0 Å². The number of nitrogens with one attached hydrogen (secondary N) is 2. The van der Waals surface area contributed by atoms with E-state index < -0.39 is 6.09 Å². The maximum Gasteiger partial charge on any atom is 0.413 e. The Morgan fingerprint density at radius 1 is 1.03 bits per heavy atom. The molecule has 1 fully saturated rings. The Morgan fingerprint density at radius 3 is 2.26 bits per heavy atom. The van der Waals surface area contributed by atoms with Crippen molar-refractivity contribution in [3.63, 3.8) is 0 Å². The van der Waals surface area contributed by atoms with E-state index in [1.807, 2.05) is 57.2 Å². The third-order valence-corrected chi connectivity index (χ3v) is 4.90. The number of amides is 3. The molecular formula is C23H24N2O5S. The van der Waals surface area contributed by atoms with Crippen molar-refractivity contribution in [3.05, 3.63) is 64.6 Å². The number of carbonyl (C=O) groups excluding carboxylic acids is 3. The molecule has 0 saturated carbocycles. The van der Waals surface area contributed by atoms with E-state index in [0.29, 0.717) is 29.4 Å². The van der Waals surface area contributed by atoms with E-state index in [0.717, 1.165) is 22.9 Å². The van der Waals surface area contributed by atoms with Crippen molar-refractivity contribution >= 4 is 35.1 Å². The average Bonchev–Trinajstić information content (AvgIpc) is 3.00. The zero-order chi connectivity index (χ0) is 22.4. The monoisotopic (exact) mass is 440 g/mol. The highest BCUT2D eigenvalue weighted by molar-refractivity contribution is 8.18. The Labute approximate surface area is 185 Å². The summed E-state index contributed by atoms with van der Waals surface area (Å²) in [6, 6.07) is 14.6. The first-order chi connectivity index (χ1) is 14.7. The van der Waals surface area contributed by atoms with Gasteiger partial charge in [-0.3, -0.25) is 14.9 Å². The van der Waals surface area contributed by atoms with Crippen LogP contribution in [0, 0.1) is 0 Å². The molecule has 0 radical (unpaired) electrons. The minimum atomic E-state index is -0.485. The van der Waals surface area contributed by atoms with Crippen LogP contribution in [0.2, 0.25) is 0 Å². The van der Waals surface area contributed by atoms with Gasteiger partial charge in [-0.1, -0.05) is 24.3 Å². The van der Waals surface area contributed by atoms with Crippen molar-refractivity contribution in [2.24, 2.45) is 0 Å². The second-order valence-electron chi connectivity index (χ2n) is 7.93. The Morgan fingerprint density at radius 2 is 1.68 bits per heavy atom. The fourth-order valence-electron chi connectivity index (χ4n) is 2.68. The molecule has 3 amide bonds. The van der Waals surface area contributed by atoms with Crippen LogP contribution < -0.4 is 20.1 Å². The summed E-state index contributed by atoms with van der Waals surface area (Å²) in [5.41, 5.74) is 1.51. The summed E-state index contributed by atoms with van der Waals surface area (Å²) in [6.07, 6.45) is 1.88. The first kappa shape index (κ1) is 22.4. The molecule has 2 aromatic rings. The van der Waals surface area contributed by atoms with E-state index in [1.54, 1.807) is 18.2 Å².